The van der Waals surface area contributed by atoms with Crippen LogP contribution in [0, 0.1) is 11.8 Å². The normalized spacial score (nSPS) is 24.6. The molecule has 1 aromatic rings. The monoisotopic (exact) mass is 289 g/mol. The molecule has 0 bridgehead atoms. The number of nitrogens with one attached hydrogen (secondary N) is 2. The van der Waals surface area contributed by atoms with Crippen LogP contribution in [0.3, 0.4) is 0 Å². The van der Waals surface area contributed by atoms with Gasteiger partial charge in [-0.15, -0.1) is 0 Å². The molecule has 1 aromatic carbocycles. The minimum atomic E-state index is -0.324. The molecule has 1 aliphatic heterocycles. The van der Waals surface area contributed by atoms with E-state index in [9.17, 15) is 9.59 Å². The van der Waals surface area contributed by atoms with E-state index in [1.54, 1.807) is 24.3 Å². The van der Waals surface area contributed by atoms with E-state index in [4.69, 9.17) is 10.5 Å². The highest BCUT2D eigenvalue weighted by Crippen LogP contribution is 2.30. The van der Waals surface area contributed by atoms with Gasteiger partial charge in [0.2, 0.25) is 11.8 Å². The highest BCUT2D eigenvalue weighted by molar-refractivity contribution is 5.96. The van der Waals surface area contributed by atoms with Gasteiger partial charge >= 0.3 is 0 Å². The van der Waals surface area contributed by atoms with Crippen LogP contribution in [0.5, 0.6) is 0 Å². The second kappa shape index (κ2) is 5.83. The van der Waals surface area contributed by atoms with Gasteiger partial charge in [0.25, 0.3) is 0 Å². The van der Waals surface area contributed by atoms with Gasteiger partial charge in [0.05, 0.1) is 19.1 Å². The van der Waals surface area contributed by atoms with Crippen LogP contribution in [-0.4, -0.2) is 31.1 Å². The van der Waals surface area contributed by atoms with Crippen molar-refractivity contribution < 1.29 is 14.3 Å². The van der Waals surface area contributed by atoms with E-state index >= 15 is 0 Å². The molecule has 1 aliphatic carbocycles. The van der Waals surface area contributed by atoms with Gasteiger partial charge in [-0.25, -0.2) is 0 Å². The largest absolute Gasteiger partial charge is 0.379 e. The van der Waals surface area contributed by atoms with Gasteiger partial charge in [-0.2, -0.15) is 0 Å². The SMILES string of the molecule is NC1COCC1C(=O)Nc1cccc(NC(=O)C2CC2)c1. The van der Waals surface area contributed by atoms with Crippen molar-refractivity contribution in [3.8, 4) is 0 Å². The molecule has 2 fully saturated rings. The van der Waals surface area contributed by atoms with E-state index in [0.717, 1.165) is 12.8 Å². The van der Waals surface area contributed by atoms with Gasteiger partial charge in [-0.3, -0.25) is 9.59 Å². The number of hydrogen-bond acceptors (Lipinski definition) is 4. The van der Waals surface area contributed by atoms with Crippen molar-refractivity contribution in [2.75, 3.05) is 23.8 Å². The summed E-state index contributed by atoms with van der Waals surface area (Å²) >= 11 is 0. The predicted octanol–water partition coefficient (Wildman–Crippen LogP) is 0.947. The molecule has 112 valence electrons. The molecule has 0 radical (unpaired) electrons. The quantitative estimate of drug-likeness (QED) is 0.769. The third kappa shape index (κ3) is 3.40. The van der Waals surface area contributed by atoms with Crippen LogP contribution in [0.25, 0.3) is 0 Å². The van der Waals surface area contributed by atoms with E-state index in [-0.39, 0.29) is 29.7 Å². The zero-order valence-corrected chi connectivity index (χ0v) is 11.7. The maximum atomic E-state index is 12.1. The summed E-state index contributed by atoms with van der Waals surface area (Å²) in [6.45, 7) is 0.765. The number of carbonyl (C=O) groups excluding carboxylic acids is 2. The van der Waals surface area contributed by atoms with Gasteiger partial charge in [0.15, 0.2) is 0 Å². The topological polar surface area (TPSA) is 93.4 Å². The number of nitrogens with two attached hydrogens (primary N) is 1. The minimum absolute atomic E-state index is 0.0460. The third-order valence-corrected chi connectivity index (χ3v) is 3.81. The van der Waals surface area contributed by atoms with Crippen LogP contribution in [-0.2, 0) is 14.3 Å². The molecule has 2 atom stereocenters. The summed E-state index contributed by atoms with van der Waals surface area (Å²) in [4.78, 5) is 23.8. The van der Waals surface area contributed by atoms with Crippen molar-refractivity contribution in [3.05, 3.63) is 24.3 Å². The number of anilines is 2. The second-order valence-corrected chi connectivity index (χ2v) is 5.64. The van der Waals surface area contributed by atoms with Crippen LogP contribution >= 0.6 is 0 Å². The Bertz CT molecular complexity index is 557. The Morgan fingerprint density at radius 2 is 1.76 bits per heavy atom. The van der Waals surface area contributed by atoms with E-state index in [2.05, 4.69) is 10.6 Å². The van der Waals surface area contributed by atoms with E-state index in [0.29, 0.717) is 24.6 Å². The van der Waals surface area contributed by atoms with Crippen LogP contribution in [0.2, 0.25) is 0 Å². The Kier molecular flexibility index (Phi) is 3.90. The summed E-state index contributed by atoms with van der Waals surface area (Å²) < 4.78 is 5.20. The fraction of sp³-hybridized carbons (Fsp3) is 0.467. The Morgan fingerprint density at radius 3 is 2.33 bits per heavy atom. The lowest BCUT2D eigenvalue weighted by Crippen LogP contribution is -2.37. The van der Waals surface area contributed by atoms with Gasteiger partial charge in [-0.05, 0) is 31.0 Å². The van der Waals surface area contributed by atoms with Gasteiger partial charge in [-0.1, -0.05) is 6.07 Å². The first-order valence-electron chi connectivity index (χ1n) is 7.18. The molecule has 0 aromatic heterocycles. The molecule has 1 saturated carbocycles. The molecule has 3 rings (SSSR count). The van der Waals surface area contributed by atoms with Crippen LogP contribution in [0.15, 0.2) is 24.3 Å². The number of rotatable bonds is 4. The summed E-state index contributed by atoms with van der Waals surface area (Å²) in [5, 5.41) is 5.68. The van der Waals surface area contributed by atoms with Crippen LogP contribution in [0.1, 0.15) is 12.8 Å². The molecule has 1 saturated heterocycles. The maximum absolute atomic E-state index is 12.1. The molecule has 6 nitrogen and oxygen atoms in total. The van der Waals surface area contributed by atoms with Gasteiger partial charge in [0, 0.05) is 23.3 Å². The van der Waals surface area contributed by atoms with Crippen LogP contribution < -0.4 is 16.4 Å². The lowest BCUT2D eigenvalue weighted by molar-refractivity contribution is -0.120. The first kappa shape index (κ1) is 14.0. The van der Waals surface area contributed by atoms with Gasteiger partial charge in [0.1, 0.15) is 0 Å². The van der Waals surface area contributed by atoms with Crippen molar-refractivity contribution in [2.45, 2.75) is 18.9 Å². The van der Waals surface area contributed by atoms with Crippen molar-refractivity contribution in [1.29, 1.82) is 0 Å². The van der Waals surface area contributed by atoms with Crippen LogP contribution in [0.4, 0.5) is 11.4 Å². The Balaban J connectivity index is 1.62. The average molecular weight is 289 g/mol. The van der Waals surface area contributed by atoms with E-state index in [1.165, 1.54) is 0 Å². The Morgan fingerprint density at radius 1 is 1.10 bits per heavy atom. The highest BCUT2D eigenvalue weighted by atomic mass is 16.5. The zero-order chi connectivity index (χ0) is 14.8. The molecule has 6 heteroatoms. The van der Waals surface area contributed by atoms with Crippen molar-refractivity contribution in [3.63, 3.8) is 0 Å². The zero-order valence-electron chi connectivity index (χ0n) is 11.7. The molecule has 0 spiro atoms. The minimum Gasteiger partial charge on any atom is -0.379 e. The van der Waals surface area contributed by atoms with Crippen molar-refractivity contribution in [2.24, 2.45) is 17.6 Å². The summed E-state index contributed by atoms with van der Waals surface area (Å²) in [5.41, 5.74) is 7.16. The highest BCUT2D eigenvalue weighted by Gasteiger charge is 2.31. The first-order valence-corrected chi connectivity index (χ1v) is 7.18. The Hall–Kier alpha value is -1.92. The molecule has 2 aliphatic rings. The fourth-order valence-electron chi connectivity index (χ4n) is 2.34. The third-order valence-electron chi connectivity index (χ3n) is 3.81. The van der Waals surface area contributed by atoms with E-state index < -0.39 is 0 Å². The number of carbonyl (C=O) groups is 2. The molecule has 21 heavy (non-hydrogen) atoms. The number of benzene rings is 1. The molecule has 2 unspecified atom stereocenters. The second-order valence-electron chi connectivity index (χ2n) is 5.64. The smallest absolute Gasteiger partial charge is 0.231 e. The average Bonchev–Trinajstić information content (AvgIpc) is 3.21. The molecule has 1 heterocycles. The maximum Gasteiger partial charge on any atom is 0.231 e. The van der Waals surface area contributed by atoms with E-state index in [1.807, 2.05) is 0 Å². The fourth-order valence-corrected chi connectivity index (χ4v) is 2.34. The molecule has 4 N–H and O–H groups in total. The summed E-state index contributed by atoms with van der Waals surface area (Å²) in [5.74, 6) is -0.276. The Labute approximate surface area is 123 Å². The number of amides is 2. The van der Waals surface area contributed by atoms with Crippen molar-refractivity contribution in [1.82, 2.24) is 0 Å². The first-order chi connectivity index (χ1) is 10.1. The summed E-state index contributed by atoms with van der Waals surface area (Å²) in [6, 6.07) is 6.87. The summed E-state index contributed by atoms with van der Waals surface area (Å²) in [6.07, 6.45) is 1.92. The summed E-state index contributed by atoms with van der Waals surface area (Å²) in [7, 11) is 0. The lowest BCUT2D eigenvalue weighted by atomic mass is 10.0. The molecule has 2 amide bonds. The number of hydrogen-bond donors (Lipinski definition) is 3. The molecular weight excluding hydrogens is 270 g/mol. The van der Waals surface area contributed by atoms with Gasteiger partial charge < -0.3 is 21.1 Å². The lowest BCUT2D eigenvalue weighted by Gasteiger charge is -2.14. The standard InChI is InChI=1S/C15H19N3O3/c16-13-8-21-7-12(13)15(20)18-11-3-1-2-10(6-11)17-14(19)9-4-5-9/h1-3,6,9,12-13H,4-5,7-8,16H2,(H,17,19)(H,18,20). The molecular formula is C15H19N3O3. The van der Waals surface area contributed by atoms with Crippen molar-refractivity contribution >= 4 is 23.2 Å². The number of ether oxygens (including phenoxy) is 1. The predicted molar refractivity (Wildman–Crippen MR) is 78.7 cm³/mol.